The molecular weight excluding hydrogens is 429 g/mol. The summed E-state index contributed by atoms with van der Waals surface area (Å²) < 4.78 is 5.63. The van der Waals surface area contributed by atoms with Gasteiger partial charge < -0.3 is 10.2 Å². The van der Waals surface area contributed by atoms with Gasteiger partial charge in [-0.15, -0.1) is 0 Å². The molecule has 3 rings (SSSR count). The van der Waals surface area contributed by atoms with Gasteiger partial charge in [0.05, 0.1) is 10.8 Å². The number of hydrogen-bond donors (Lipinski definition) is 0. The van der Waals surface area contributed by atoms with Crippen molar-refractivity contribution in [1.29, 1.82) is 0 Å². The van der Waals surface area contributed by atoms with E-state index in [1.807, 2.05) is 54.6 Å². The summed E-state index contributed by atoms with van der Waals surface area (Å²) in [6.45, 7) is 6.63. The molecule has 33 heavy (non-hydrogen) atoms. The molecule has 0 aromatic heterocycles. The Balaban J connectivity index is 0.00000272. The van der Waals surface area contributed by atoms with Crippen molar-refractivity contribution < 1.29 is 49.5 Å². The number of nitro groups is 1. The number of carbonyl (C=O) groups excluding carboxylic acids is 1. The largest absolute Gasteiger partial charge is 1.00 e. The van der Waals surface area contributed by atoms with E-state index in [0.29, 0.717) is 6.42 Å². The summed E-state index contributed by atoms with van der Waals surface area (Å²) >= 11 is 0. The second-order valence-corrected chi connectivity index (χ2v) is 8.65. The van der Waals surface area contributed by atoms with Gasteiger partial charge in [-0.1, -0.05) is 87.5 Å². The average molecular weight is 458 g/mol. The first kappa shape index (κ1) is 28.5. The van der Waals surface area contributed by atoms with Crippen molar-refractivity contribution in [2.24, 2.45) is 0 Å². The number of nitrogens with zero attached hydrogens (tertiary/aromatic N) is 1. The maximum absolute atomic E-state index is 13.0. The van der Waals surface area contributed by atoms with E-state index >= 15 is 0 Å². The van der Waals surface area contributed by atoms with Crippen LogP contribution in [0.5, 0.6) is 0 Å². The van der Waals surface area contributed by atoms with E-state index in [1.54, 1.807) is 12.1 Å². The van der Waals surface area contributed by atoms with Crippen molar-refractivity contribution in [3.8, 4) is 0 Å². The van der Waals surface area contributed by atoms with E-state index in [4.69, 9.17) is 4.74 Å². The first-order chi connectivity index (χ1) is 14.7. The SMILES string of the molecule is CC(C)(C)c1ccc(C(Cc2ccc([N+](=O)[O-])cc2)C(=O)OCc2ccccc2)cc1.[Na+].[OH-]. The number of esters is 1. The monoisotopic (exact) mass is 457 g/mol. The molecule has 0 saturated heterocycles. The van der Waals surface area contributed by atoms with Gasteiger partial charge in [0.15, 0.2) is 0 Å². The van der Waals surface area contributed by atoms with Crippen molar-refractivity contribution in [2.75, 3.05) is 0 Å². The van der Waals surface area contributed by atoms with Crippen LogP contribution in [0.1, 0.15) is 48.9 Å². The maximum atomic E-state index is 13.0. The van der Waals surface area contributed by atoms with Gasteiger partial charge in [0.2, 0.25) is 0 Å². The van der Waals surface area contributed by atoms with Crippen LogP contribution in [0.4, 0.5) is 5.69 Å². The van der Waals surface area contributed by atoms with Crippen molar-refractivity contribution >= 4 is 11.7 Å². The Labute approximate surface area is 216 Å². The molecule has 3 aromatic rings. The molecule has 0 bridgehead atoms. The first-order valence-corrected chi connectivity index (χ1v) is 10.3. The molecule has 0 heterocycles. The minimum atomic E-state index is -0.501. The minimum Gasteiger partial charge on any atom is -0.870 e. The first-order valence-electron chi connectivity index (χ1n) is 10.3. The number of nitro benzene ring substituents is 1. The van der Waals surface area contributed by atoms with E-state index < -0.39 is 10.8 Å². The molecule has 0 saturated carbocycles. The summed E-state index contributed by atoms with van der Waals surface area (Å²) in [5.41, 5.74) is 3.86. The van der Waals surface area contributed by atoms with Gasteiger partial charge in [-0.05, 0) is 34.1 Å². The van der Waals surface area contributed by atoms with Crippen LogP contribution in [0, 0.1) is 10.1 Å². The van der Waals surface area contributed by atoms with Crippen LogP contribution in [0.3, 0.4) is 0 Å². The molecule has 0 spiro atoms. The summed E-state index contributed by atoms with van der Waals surface area (Å²) in [6.07, 6.45) is 0.403. The Morgan fingerprint density at radius 3 is 2.00 bits per heavy atom. The Morgan fingerprint density at radius 2 is 1.48 bits per heavy atom. The number of rotatable bonds is 7. The summed E-state index contributed by atoms with van der Waals surface area (Å²) in [5.74, 6) is -0.815. The van der Waals surface area contributed by atoms with E-state index in [-0.39, 0.29) is 58.7 Å². The van der Waals surface area contributed by atoms with Gasteiger partial charge in [0, 0.05) is 12.1 Å². The molecular formula is C26H28NNaO5. The third-order valence-electron chi connectivity index (χ3n) is 5.27. The fourth-order valence-electron chi connectivity index (χ4n) is 3.37. The zero-order chi connectivity index (χ0) is 22.4. The molecule has 0 aliphatic heterocycles. The predicted octanol–water partition coefficient (Wildman–Crippen LogP) is 2.79. The third kappa shape index (κ3) is 8.09. The predicted molar refractivity (Wildman–Crippen MR) is 123 cm³/mol. The summed E-state index contributed by atoms with van der Waals surface area (Å²) in [7, 11) is 0. The van der Waals surface area contributed by atoms with Crippen LogP contribution in [0.15, 0.2) is 78.9 Å². The van der Waals surface area contributed by atoms with Crippen LogP contribution in [0.25, 0.3) is 0 Å². The Hall–Kier alpha value is -2.51. The van der Waals surface area contributed by atoms with Gasteiger partial charge in [0.25, 0.3) is 5.69 Å². The van der Waals surface area contributed by atoms with Crippen LogP contribution < -0.4 is 29.6 Å². The Kier molecular flexibility index (Phi) is 10.9. The van der Waals surface area contributed by atoms with Gasteiger partial charge in [-0.3, -0.25) is 14.9 Å². The molecule has 0 radical (unpaired) electrons. The van der Waals surface area contributed by atoms with E-state index in [2.05, 4.69) is 20.8 Å². The summed E-state index contributed by atoms with van der Waals surface area (Å²) in [6, 6.07) is 23.9. The zero-order valence-electron chi connectivity index (χ0n) is 19.5. The number of hydrogen-bond acceptors (Lipinski definition) is 5. The standard InChI is InChI=1S/C26H27NO4.Na.H2O/c1-26(2,3)22-13-11-21(12-14-22)24(17-19-9-15-23(16-10-19)27(29)30)25(28)31-18-20-7-5-4-6-8-20;;/h4-16,24H,17-18H2,1-3H3;;1H2/q;+1;/p-1. The molecule has 1 unspecified atom stereocenters. The summed E-state index contributed by atoms with van der Waals surface area (Å²) in [5, 5.41) is 10.9. The smallest absolute Gasteiger partial charge is 0.870 e. The second kappa shape index (κ2) is 12.7. The van der Waals surface area contributed by atoms with Crippen LogP contribution in [-0.4, -0.2) is 16.4 Å². The van der Waals surface area contributed by atoms with E-state index in [9.17, 15) is 14.9 Å². The topological polar surface area (TPSA) is 99.4 Å². The van der Waals surface area contributed by atoms with Gasteiger partial charge in [0.1, 0.15) is 6.61 Å². The molecule has 0 amide bonds. The van der Waals surface area contributed by atoms with Crippen molar-refractivity contribution in [1.82, 2.24) is 0 Å². The Bertz CT molecular complexity index is 1030. The molecule has 0 aliphatic carbocycles. The molecule has 1 N–H and O–H groups in total. The van der Waals surface area contributed by atoms with Gasteiger partial charge in [-0.25, -0.2) is 0 Å². The molecule has 3 aromatic carbocycles. The quantitative estimate of drug-likeness (QED) is 0.235. The number of benzene rings is 3. The van der Waals surface area contributed by atoms with Crippen LogP contribution in [-0.2, 0) is 28.0 Å². The van der Waals surface area contributed by atoms with Crippen LogP contribution >= 0.6 is 0 Å². The molecule has 6 nitrogen and oxygen atoms in total. The maximum Gasteiger partial charge on any atom is 1.00 e. The van der Waals surface area contributed by atoms with Gasteiger partial charge >= 0.3 is 35.5 Å². The number of carbonyl (C=O) groups is 1. The van der Waals surface area contributed by atoms with E-state index in [1.165, 1.54) is 17.7 Å². The van der Waals surface area contributed by atoms with Crippen molar-refractivity contribution in [3.05, 3.63) is 111 Å². The molecule has 168 valence electrons. The van der Waals surface area contributed by atoms with Crippen LogP contribution in [0.2, 0.25) is 0 Å². The molecule has 0 aliphatic rings. The zero-order valence-corrected chi connectivity index (χ0v) is 21.5. The van der Waals surface area contributed by atoms with Crippen molar-refractivity contribution in [2.45, 2.75) is 45.1 Å². The minimum absolute atomic E-state index is 0. The van der Waals surface area contributed by atoms with Gasteiger partial charge in [-0.2, -0.15) is 0 Å². The Morgan fingerprint density at radius 1 is 0.909 bits per heavy atom. The number of ether oxygens (including phenoxy) is 1. The third-order valence-corrected chi connectivity index (χ3v) is 5.27. The normalized spacial score (nSPS) is 11.5. The molecule has 7 heteroatoms. The average Bonchev–Trinajstić information content (AvgIpc) is 2.76. The van der Waals surface area contributed by atoms with Crippen molar-refractivity contribution in [3.63, 3.8) is 0 Å². The number of non-ortho nitro benzene ring substituents is 1. The fraction of sp³-hybridized carbons (Fsp3) is 0.269. The summed E-state index contributed by atoms with van der Waals surface area (Å²) in [4.78, 5) is 23.5. The molecule has 1 atom stereocenters. The molecule has 0 fully saturated rings. The fourth-order valence-corrected chi connectivity index (χ4v) is 3.37. The second-order valence-electron chi connectivity index (χ2n) is 8.65. The van der Waals surface area contributed by atoms with E-state index in [0.717, 1.165) is 16.7 Å².